The molecule has 21 heteroatoms. The van der Waals surface area contributed by atoms with Crippen LogP contribution in [0.2, 0.25) is 0 Å². The number of amidine groups is 2. The van der Waals surface area contributed by atoms with Gasteiger partial charge in [-0.05, 0) is 83.6 Å². The highest BCUT2D eigenvalue weighted by molar-refractivity contribution is 7.94. The highest BCUT2D eigenvalue weighted by atomic mass is 32.3. The Labute approximate surface area is 368 Å². The topological polar surface area (TPSA) is 228 Å². The van der Waals surface area contributed by atoms with Crippen molar-refractivity contribution in [3.63, 3.8) is 0 Å². The molecule has 0 saturated heterocycles. The van der Waals surface area contributed by atoms with Crippen LogP contribution in [0.1, 0.15) is 22.3 Å². The van der Waals surface area contributed by atoms with Crippen LogP contribution in [0.15, 0.2) is 136 Å². The molecule has 0 fully saturated rings. The van der Waals surface area contributed by atoms with Crippen LogP contribution in [0.25, 0.3) is 0 Å². The normalized spacial score (nSPS) is 14.2. The number of rotatable bonds is 8. The molecule has 6 aromatic rings. The average Bonchev–Trinajstić information content (AvgIpc) is 4.12. The maximum absolute atomic E-state index is 13.7. The number of nitrogens with zero attached hydrogens (tertiary/aromatic N) is 8. The Bertz CT molecular complexity index is 3160. The lowest BCUT2D eigenvalue weighted by molar-refractivity contribution is 0.474. The number of hydrogen-bond acceptors (Lipinski definition) is 16. The molecule has 10 rings (SSSR count). The molecule has 0 unspecified atom stereocenters. The van der Waals surface area contributed by atoms with Gasteiger partial charge in [-0.15, -0.1) is 22.7 Å². The van der Waals surface area contributed by atoms with E-state index in [1.807, 2.05) is 46.2 Å². The number of anilines is 1. The van der Waals surface area contributed by atoms with E-state index in [-0.39, 0.29) is 36.7 Å². The Morgan fingerprint density at radius 2 is 1.21 bits per heavy atom. The Balaban J connectivity index is 0.000000149. The molecule has 3 N–H and O–H groups in total. The second kappa shape index (κ2) is 18.0. The number of aliphatic imine (C=N–C) groups is 4. The summed E-state index contributed by atoms with van der Waals surface area (Å²) in [6, 6.07) is 30.0. The number of nitriles is 2. The first-order valence-corrected chi connectivity index (χ1v) is 23.4. The van der Waals surface area contributed by atoms with Gasteiger partial charge in [-0.3, -0.25) is 14.7 Å². The third kappa shape index (κ3) is 9.33. The summed E-state index contributed by atoms with van der Waals surface area (Å²) in [5, 5.41) is 26.9. The first-order chi connectivity index (χ1) is 30.4. The van der Waals surface area contributed by atoms with Gasteiger partial charge in [0.25, 0.3) is 10.0 Å². The molecule has 4 aliphatic rings. The minimum Gasteiger partial charge on any atom is -0.456 e. The van der Waals surface area contributed by atoms with Gasteiger partial charge in [0.05, 0.1) is 42.8 Å². The van der Waals surface area contributed by atoms with Gasteiger partial charge in [-0.25, -0.2) is 36.3 Å². The van der Waals surface area contributed by atoms with E-state index >= 15 is 0 Å². The number of sulfonamides is 2. The van der Waals surface area contributed by atoms with Gasteiger partial charge in [-0.2, -0.15) is 10.5 Å². The van der Waals surface area contributed by atoms with E-state index in [0.29, 0.717) is 18.0 Å². The van der Waals surface area contributed by atoms with Gasteiger partial charge in [0.15, 0.2) is 0 Å². The summed E-state index contributed by atoms with van der Waals surface area (Å²) < 4.78 is 74.3. The Morgan fingerprint density at radius 1 is 0.683 bits per heavy atom. The van der Waals surface area contributed by atoms with Gasteiger partial charge >= 0.3 is 0 Å². The Hall–Kier alpha value is -7.27. The molecule has 6 heterocycles. The van der Waals surface area contributed by atoms with Crippen LogP contribution < -0.4 is 19.3 Å². The smallest absolute Gasteiger partial charge is 0.271 e. The van der Waals surface area contributed by atoms with Crippen molar-refractivity contribution >= 4 is 84.1 Å². The molecule has 0 atom stereocenters. The molecule has 2 aromatic heterocycles. The SMILES string of the molecule is N#Cc1c(F)cccc1Oc1ccc2c(c1)C1=NCCN1C=N2.N#Cc1c(NS(=O)(=O)c2cccs2)cccc1Oc1ccc2c(c1)C1=NCCN1C=N2.NS(=O)(=O)c1cccs1. The minimum absolute atomic E-state index is 0.0956. The molecule has 63 heavy (non-hydrogen) atoms. The van der Waals surface area contributed by atoms with E-state index in [4.69, 9.17) is 19.9 Å². The predicted molar refractivity (Wildman–Crippen MR) is 239 cm³/mol. The molecule has 0 amide bonds. The Kier molecular flexibility index (Phi) is 12.1. The lowest BCUT2D eigenvalue weighted by Crippen LogP contribution is -2.29. The largest absolute Gasteiger partial charge is 0.456 e. The molecule has 16 nitrogen and oxygen atoms in total. The number of ether oxygens (including phenoxy) is 2. The summed E-state index contributed by atoms with van der Waals surface area (Å²) in [5.74, 6) is 2.56. The van der Waals surface area contributed by atoms with Crippen LogP contribution in [0, 0.1) is 28.5 Å². The van der Waals surface area contributed by atoms with Crippen molar-refractivity contribution in [2.75, 3.05) is 30.9 Å². The fourth-order valence-electron chi connectivity index (χ4n) is 6.43. The van der Waals surface area contributed by atoms with Crippen LogP contribution >= 0.6 is 22.7 Å². The summed E-state index contributed by atoms with van der Waals surface area (Å²) >= 11 is 2.22. The van der Waals surface area contributed by atoms with E-state index in [0.717, 1.165) is 76.5 Å². The van der Waals surface area contributed by atoms with E-state index in [1.54, 1.807) is 65.9 Å². The lowest BCUT2D eigenvalue weighted by Gasteiger charge is -2.21. The zero-order valence-electron chi connectivity index (χ0n) is 32.5. The monoisotopic (exact) mass is 918 g/mol. The number of benzene rings is 4. The molecule has 0 bridgehead atoms. The Morgan fingerprint density at radius 3 is 1.70 bits per heavy atom. The van der Waals surface area contributed by atoms with Crippen molar-refractivity contribution in [3.8, 4) is 35.1 Å². The third-order valence-corrected chi connectivity index (χ3v) is 14.4. The number of halogens is 1. The summed E-state index contributed by atoms with van der Waals surface area (Å²) in [7, 11) is -7.23. The fraction of sp³-hybridized carbons (Fsp3) is 0.0952. The van der Waals surface area contributed by atoms with Crippen LogP contribution in [0.3, 0.4) is 0 Å². The molecule has 0 saturated carbocycles. The summed E-state index contributed by atoms with van der Waals surface area (Å²) in [6.45, 7) is 3.03. The van der Waals surface area contributed by atoms with E-state index in [9.17, 15) is 26.5 Å². The first-order valence-electron chi connectivity index (χ1n) is 18.6. The standard InChI is InChI=1S/C21H15N5O3S2.C17H11FN4O.C4H5NO2S2/c22-12-16-18(25-31(27,28)20-5-2-10-30-20)3-1-4-19(16)29-14-6-7-17-15(11-14)21-23-8-9-26(21)13-24-17;18-14-2-1-3-16(13(14)9-19)23-11-4-5-15-12(8-11)17-20-6-7-22(17)10-21-15;5-9(6,7)4-2-1-3-8-4/h1-7,10-11,13,25H,8-9H2;1-5,8,10H,6-7H2;1-3H,(H2,5,6,7). The number of nitrogens with two attached hydrogens (primary N) is 1. The van der Waals surface area contributed by atoms with Gasteiger partial charge in [0.2, 0.25) is 10.0 Å². The van der Waals surface area contributed by atoms with Gasteiger partial charge < -0.3 is 19.3 Å². The minimum atomic E-state index is -3.79. The number of hydrogen-bond donors (Lipinski definition) is 2. The van der Waals surface area contributed by atoms with Crippen LogP contribution in [-0.2, 0) is 20.0 Å². The molecular formula is C42H31FN10O6S4. The van der Waals surface area contributed by atoms with E-state index < -0.39 is 25.9 Å². The van der Waals surface area contributed by atoms with Crippen molar-refractivity contribution in [2.24, 2.45) is 25.1 Å². The number of nitrogens with one attached hydrogen (secondary N) is 1. The van der Waals surface area contributed by atoms with Crippen LogP contribution in [0.5, 0.6) is 23.0 Å². The zero-order valence-corrected chi connectivity index (χ0v) is 35.8. The van der Waals surface area contributed by atoms with E-state index in [2.05, 4.69) is 24.7 Å². The maximum Gasteiger partial charge on any atom is 0.271 e. The molecule has 0 radical (unpaired) electrons. The summed E-state index contributed by atoms with van der Waals surface area (Å²) in [6.07, 6.45) is 3.54. The van der Waals surface area contributed by atoms with Gasteiger partial charge in [0.1, 0.15) is 72.2 Å². The summed E-state index contributed by atoms with van der Waals surface area (Å²) in [5.41, 5.74) is 3.47. The number of thiophene rings is 2. The third-order valence-electron chi connectivity index (χ3n) is 9.30. The molecule has 0 aliphatic carbocycles. The van der Waals surface area contributed by atoms with E-state index in [1.165, 1.54) is 30.3 Å². The van der Waals surface area contributed by atoms with Crippen molar-refractivity contribution in [1.29, 1.82) is 10.5 Å². The quantitative estimate of drug-likeness (QED) is 0.152. The van der Waals surface area contributed by atoms with Crippen molar-refractivity contribution in [3.05, 3.63) is 136 Å². The highest BCUT2D eigenvalue weighted by Gasteiger charge is 2.26. The van der Waals surface area contributed by atoms with Crippen molar-refractivity contribution in [2.45, 2.75) is 8.42 Å². The van der Waals surface area contributed by atoms with Crippen LogP contribution in [0.4, 0.5) is 21.5 Å². The molecule has 4 aliphatic heterocycles. The predicted octanol–water partition coefficient (Wildman–Crippen LogP) is 7.57. The number of primary sulfonamides is 1. The second-order valence-electron chi connectivity index (χ2n) is 13.4. The molecular weight excluding hydrogens is 888 g/mol. The first kappa shape index (κ1) is 42.4. The van der Waals surface area contributed by atoms with Gasteiger partial charge in [0, 0.05) is 24.2 Å². The fourth-order valence-corrected chi connectivity index (χ4v) is 9.92. The summed E-state index contributed by atoms with van der Waals surface area (Å²) in [4.78, 5) is 21.8. The number of fused-ring (bicyclic) bond motifs is 6. The van der Waals surface area contributed by atoms with Crippen molar-refractivity contribution in [1.82, 2.24) is 9.80 Å². The second-order valence-corrected chi connectivity index (χ2v) is 19.0. The lowest BCUT2D eigenvalue weighted by atomic mass is 10.1. The van der Waals surface area contributed by atoms with Crippen molar-refractivity contribution < 1.29 is 30.7 Å². The van der Waals surface area contributed by atoms with Gasteiger partial charge in [-0.1, -0.05) is 24.3 Å². The zero-order chi connectivity index (χ0) is 44.1. The average molecular weight is 919 g/mol. The molecule has 0 spiro atoms. The maximum atomic E-state index is 13.7. The molecule has 4 aromatic carbocycles. The van der Waals surface area contributed by atoms with Crippen LogP contribution in [-0.4, -0.2) is 77.2 Å². The molecule has 316 valence electrons. The highest BCUT2D eigenvalue weighted by Crippen LogP contribution is 2.36.